The molecule has 116 valence electrons. The van der Waals surface area contributed by atoms with Gasteiger partial charge in [0.25, 0.3) is 5.91 Å². The van der Waals surface area contributed by atoms with Gasteiger partial charge in [-0.3, -0.25) is 4.79 Å². The first-order valence-corrected chi connectivity index (χ1v) is 7.11. The van der Waals surface area contributed by atoms with E-state index in [2.05, 4.69) is 10.4 Å². The van der Waals surface area contributed by atoms with Crippen LogP contribution in [0.3, 0.4) is 0 Å². The Labute approximate surface area is 128 Å². The van der Waals surface area contributed by atoms with Gasteiger partial charge in [-0.2, -0.15) is 5.10 Å². The number of nitrogens with one attached hydrogen (secondary N) is 1. The van der Waals surface area contributed by atoms with E-state index in [4.69, 9.17) is 5.11 Å². The maximum Gasteiger partial charge on any atom is 0.326 e. The second kappa shape index (κ2) is 6.89. The van der Waals surface area contributed by atoms with E-state index in [1.165, 1.54) is 6.20 Å². The third kappa shape index (κ3) is 3.94. The minimum absolute atomic E-state index is 0.174. The molecule has 2 N–H and O–H groups in total. The molecule has 2 rings (SSSR count). The summed E-state index contributed by atoms with van der Waals surface area (Å²) in [7, 11) is 0. The molecule has 0 fully saturated rings. The number of aromatic nitrogens is 2. The normalized spacial score (nSPS) is 12.1. The van der Waals surface area contributed by atoms with Crippen LogP contribution in [0.2, 0.25) is 0 Å². The van der Waals surface area contributed by atoms with Crippen molar-refractivity contribution in [1.29, 1.82) is 0 Å². The molecule has 0 aliphatic rings. The number of carboxylic acid groups (broad SMARTS) is 1. The van der Waals surface area contributed by atoms with Crippen molar-refractivity contribution in [3.05, 3.63) is 48.3 Å². The first-order chi connectivity index (χ1) is 10.5. The van der Waals surface area contributed by atoms with Gasteiger partial charge in [-0.1, -0.05) is 32.0 Å². The topological polar surface area (TPSA) is 84.2 Å². The van der Waals surface area contributed by atoms with E-state index >= 15 is 0 Å². The van der Waals surface area contributed by atoms with E-state index in [1.807, 2.05) is 44.2 Å². The molecule has 0 aliphatic carbocycles. The van der Waals surface area contributed by atoms with Gasteiger partial charge in [0, 0.05) is 6.20 Å². The number of benzene rings is 1. The van der Waals surface area contributed by atoms with E-state index in [0.717, 1.165) is 5.69 Å². The largest absolute Gasteiger partial charge is 0.480 e. The summed E-state index contributed by atoms with van der Waals surface area (Å²) in [6.45, 7) is 3.82. The fourth-order valence-electron chi connectivity index (χ4n) is 2.10. The zero-order valence-electron chi connectivity index (χ0n) is 12.6. The van der Waals surface area contributed by atoms with Crippen molar-refractivity contribution < 1.29 is 14.7 Å². The maximum atomic E-state index is 12.2. The molecule has 1 aromatic carbocycles. The van der Waals surface area contributed by atoms with Crippen LogP contribution in [0.25, 0.3) is 5.69 Å². The van der Waals surface area contributed by atoms with Gasteiger partial charge in [0.2, 0.25) is 0 Å². The zero-order chi connectivity index (χ0) is 16.1. The van der Waals surface area contributed by atoms with Crippen molar-refractivity contribution in [2.45, 2.75) is 26.3 Å². The minimum Gasteiger partial charge on any atom is -0.480 e. The lowest BCUT2D eigenvalue weighted by Crippen LogP contribution is -2.41. The highest BCUT2D eigenvalue weighted by atomic mass is 16.4. The van der Waals surface area contributed by atoms with Gasteiger partial charge in [-0.05, 0) is 24.5 Å². The predicted molar refractivity (Wildman–Crippen MR) is 81.9 cm³/mol. The molecule has 6 nitrogen and oxygen atoms in total. The van der Waals surface area contributed by atoms with Gasteiger partial charge in [-0.25, -0.2) is 9.48 Å². The third-order valence-corrected chi connectivity index (χ3v) is 3.18. The lowest BCUT2D eigenvalue weighted by atomic mass is 10.0. The van der Waals surface area contributed by atoms with Crippen molar-refractivity contribution >= 4 is 11.9 Å². The second-order valence-electron chi connectivity index (χ2n) is 5.50. The second-order valence-corrected chi connectivity index (χ2v) is 5.50. The lowest BCUT2D eigenvalue weighted by Gasteiger charge is -2.15. The van der Waals surface area contributed by atoms with Crippen LogP contribution >= 0.6 is 0 Å². The quantitative estimate of drug-likeness (QED) is 0.855. The number of rotatable bonds is 6. The van der Waals surface area contributed by atoms with Crippen LogP contribution in [0.1, 0.15) is 30.6 Å². The number of carboxylic acids is 1. The lowest BCUT2D eigenvalue weighted by molar-refractivity contribution is -0.139. The number of hydrogen-bond acceptors (Lipinski definition) is 3. The van der Waals surface area contributed by atoms with E-state index in [0.29, 0.717) is 12.0 Å². The average Bonchev–Trinajstić information content (AvgIpc) is 2.96. The molecule has 22 heavy (non-hydrogen) atoms. The standard InChI is InChI=1S/C16H19N3O3/c1-11(2)8-14(16(21)22)18-15(20)12-9-17-19(10-12)13-6-4-3-5-7-13/h3-7,9-11,14H,8H2,1-2H3,(H,18,20)(H,21,22)/t14-/m0/s1. The number of hydrogen-bond donors (Lipinski definition) is 2. The highest BCUT2D eigenvalue weighted by molar-refractivity contribution is 5.96. The monoisotopic (exact) mass is 301 g/mol. The summed E-state index contributed by atoms with van der Waals surface area (Å²) in [5.74, 6) is -1.29. The number of aliphatic carboxylic acids is 1. The number of amides is 1. The molecule has 2 aromatic rings. The van der Waals surface area contributed by atoms with E-state index in [1.54, 1.807) is 10.9 Å². The van der Waals surface area contributed by atoms with E-state index in [9.17, 15) is 9.59 Å². The molecule has 1 aromatic heterocycles. The zero-order valence-corrected chi connectivity index (χ0v) is 12.6. The van der Waals surface area contributed by atoms with Crippen LogP contribution in [0.4, 0.5) is 0 Å². The van der Waals surface area contributed by atoms with Crippen LogP contribution in [0.15, 0.2) is 42.7 Å². The summed E-state index contributed by atoms with van der Waals surface area (Å²) in [6.07, 6.45) is 3.39. The third-order valence-electron chi connectivity index (χ3n) is 3.18. The molecule has 1 atom stereocenters. The summed E-state index contributed by atoms with van der Waals surface area (Å²) in [5, 5.41) is 15.8. The predicted octanol–water partition coefficient (Wildman–Crippen LogP) is 2.10. The van der Waals surface area contributed by atoms with Gasteiger partial charge >= 0.3 is 5.97 Å². The highest BCUT2D eigenvalue weighted by Gasteiger charge is 2.22. The maximum absolute atomic E-state index is 12.2. The van der Waals surface area contributed by atoms with Crippen molar-refractivity contribution in [2.24, 2.45) is 5.92 Å². The minimum atomic E-state index is -1.03. The highest BCUT2D eigenvalue weighted by Crippen LogP contribution is 2.09. The molecule has 0 radical (unpaired) electrons. The summed E-state index contributed by atoms with van der Waals surface area (Å²) >= 11 is 0. The van der Waals surface area contributed by atoms with Gasteiger partial charge in [0.15, 0.2) is 0 Å². The van der Waals surface area contributed by atoms with Crippen LogP contribution in [-0.4, -0.2) is 32.8 Å². The van der Waals surface area contributed by atoms with Gasteiger partial charge in [-0.15, -0.1) is 0 Å². The van der Waals surface area contributed by atoms with Crippen molar-refractivity contribution in [3.8, 4) is 5.69 Å². The Morgan fingerprint density at radius 3 is 2.55 bits per heavy atom. The number of para-hydroxylation sites is 1. The smallest absolute Gasteiger partial charge is 0.326 e. The molecule has 6 heteroatoms. The van der Waals surface area contributed by atoms with Crippen molar-refractivity contribution in [3.63, 3.8) is 0 Å². The molecule has 1 amide bonds. The first-order valence-electron chi connectivity index (χ1n) is 7.11. The fourth-order valence-corrected chi connectivity index (χ4v) is 2.10. The molecule has 0 aliphatic heterocycles. The number of carbonyl (C=O) groups excluding carboxylic acids is 1. The summed E-state index contributed by atoms with van der Waals surface area (Å²) in [5.41, 5.74) is 1.16. The SMILES string of the molecule is CC(C)C[C@H](NC(=O)c1cnn(-c2ccccc2)c1)C(=O)O. The summed E-state index contributed by atoms with van der Waals surface area (Å²) < 4.78 is 1.58. The van der Waals surface area contributed by atoms with Gasteiger partial charge < -0.3 is 10.4 Å². The van der Waals surface area contributed by atoms with Crippen LogP contribution in [0.5, 0.6) is 0 Å². The van der Waals surface area contributed by atoms with Gasteiger partial charge in [0.1, 0.15) is 6.04 Å². The molecule has 0 saturated heterocycles. The molecule has 0 bridgehead atoms. The van der Waals surface area contributed by atoms with Crippen molar-refractivity contribution in [1.82, 2.24) is 15.1 Å². The fraction of sp³-hybridized carbons (Fsp3) is 0.312. The Morgan fingerprint density at radius 1 is 1.27 bits per heavy atom. The van der Waals surface area contributed by atoms with E-state index in [-0.39, 0.29) is 5.92 Å². The summed E-state index contributed by atoms with van der Waals surface area (Å²) in [4.78, 5) is 23.4. The molecular weight excluding hydrogens is 282 g/mol. The number of nitrogens with zero attached hydrogens (tertiary/aromatic N) is 2. The molecule has 1 heterocycles. The van der Waals surface area contributed by atoms with Crippen LogP contribution in [0, 0.1) is 5.92 Å². The van der Waals surface area contributed by atoms with Gasteiger partial charge in [0.05, 0.1) is 17.4 Å². The first kappa shape index (κ1) is 15.8. The average molecular weight is 301 g/mol. The Morgan fingerprint density at radius 2 is 1.95 bits per heavy atom. The van der Waals surface area contributed by atoms with Crippen LogP contribution in [-0.2, 0) is 4.79 Å². The Bertz CT molecular complexity index is 650. The molecular formula is C16H19N3O3. The van der Waals surface area contributed by atoms with Crippen molar-refractivity contribution in [2.75, 3.05) is 0 Å². The van der Waals surface area contributed by atoms with Crippen LogP contribution < -0.4 is 5.32 Å². The Kier molecular flexibility index (Phi) is 4.93. The van der Waals surface area contributed by atoms with E-state index < -0.39 is 17.9 Å². The Balaban J connectivity index is 2.10. The summed E-state index contributed by atoms with van der Waals surface area (Å²) in [6, 6.07) is 8.48. The number of carbonyl (C=O) groups is 2. The molecule has 0 spiro atoms. The molecule has 0 unspecified atom stereocenters. The molecule has 0 saturated carbocycles. The Hall–Kier alpha value is -2.63.